The molecule has 16 heavy (non-hydrogen) atoms. The number of hydrogen-bond acceptors (Lipinski definition) is 1. The van der Waals surface area contributed by atoms with Crippen LogP contribution in [0.4, 0.5) is 0 Å². The highest BCUT2D eigenvalue weighted by Gasteiger charge is 2.19. The van der Waals surface area contributed by atoms with E-state index in [1.54, 1.807) is 0 Å². The maximum absolute atomic E-state index is 6.21. The maximum Gasteiger partial charge on any atom is 0.0894 e. The van der Waals surface area contributed by atoms with Crippen molar-refractivity contribution in [3.8, 4) is 0 Å². The molecule has 0 bridgehead atoms. The molecule has 0 saturated carbocycles. The fourth-order valence-electron chi connectivity index (χ4n) is 2.50. The van der Waals surface area contributed by atoms with Gasteiger partial charge in [-0.2, -0.15) is 0 Å². The van der Waals surface area contributed by atoms with Gasteiger partial charge in [0.2, 0.25) is 0 Å². The van der Waals surface area contributed by atoms with Gasteiger partial charge in [-0.1, -0.05) is 39.7 Å². The van der Waals surface area contributed by atoms with E-state index in [4.69, 9.17) is 16.6 Å². The highest BCUT2D eigenvalue weighted by Crippen LogP contribution is 2.33. The molecular formula is C13H11BrClN. The molecule has 0 unspecified atom stereocenters. The van der Waals surface area contributed by atoms with Gasteiger partial charge in [0.05, 0.1) is 10.5 Å². The summed E-state index contributed by atoms with van der Waals surface area (Å²) >= 11 is 9.80. The summed E-state index contributed by atoms with van der Waals surface area (Å²) in [6.45, 7) is 0. The maximum atomic E-state index is 6.21. The summed E-state index contributed by atoms with van der Waals surface area (Å²) in [7, 11) is 0. The SMILES string of the molecule is Clc1cccc2c(CBr)c3c(nc12)CCC3. The molecule has 3 rings (SSSR count). The van der Waals surface area contributed by atoms with Gasteiger partial charge in [-0.3, -0.25) is 4.98 Å². The van der Waals surface area contributed by atoms with E-state index in [1.165, 1.54) is 28.6 Å². The molecule has 0 N–H and O–H groups in total. The van der Waals surface area contributed by atoms with E-state index in [9.17, 15) is 0 Å². The van der Waals surface area contributed by atoms with Crippen molar-refractivity contribution in [2.24, 2.45) is 0 Å². The topological polar surface area (TPSA) is 12.9 Å². The Kier molecular flexibility index (Phi) is 2.64. The number of pyridine rings is 1. The van der Waals surface area contributed by atoms with E-state index in [0.717, 1.165) is 28.7 Å². The largest absolute Gasteiger partial charge is 0.251 e. The Hall–Kier alpha value is -0.600. The average molecular weight is 297 g/mol. The third kappa shape index (κ3) is 1.47. The van der Waals surface area contributed by atoms with Gasteiger partial charge in [0.15, 0.2) is 0 Å². The van der Waals surface area contributed by atoms with Gasteiger partial charge in [0, 0.05) is 16.4 Å². The van der Waals surface area contributed by atoms with E-state index in [1.807, 2.05) is 12.1 Å². The van der Waals surface area contributed by atoms with Gasteiger partial charge in [-0.25, -0.2) is 0 Å². The molecule has 0 fully saturated rings. The van der Waals surface area contributed by atoms with Crippen molar-refractivity contribution >= 4 is 38.4 Å². The molecule has 0 amide bonds. The quantitative estimate of drug-likeness (QED) is 0.716. The average Bonchev–Trinajstić information content (AvgIpc) is 2.75. The normalized spacial score (nSPS) is 14.4. The number of para-hydroxylation sites is 1. The van der Waals surface area contributed by atoms with E-state index in [2.05, 4.69) is 22.0 Å². The van der Waals surface area contributed by atoms with Crippen molar-refractivity contribution < 1.29 is 0 Å². The van der Waals surface area contributed by atoms with E-state index < -0.39 is 0 Å². The fourth-order valence-corrected chi connectivity index (χ4v) is 3.36. The van der Waals surface area contributed by atoms with Crippen molar-refractivity contribution in [2.75, 3.05) is 0 Å². The molecule has 1 aromatic heterocycles. The lowest BCUT2D eigenvalue weighted by Crippen LogP contribution is -1.97. The summed E-state index contributed by atoms with van der Waals surface area (Å²) in [4.78, 5) is 4.71. The minimum absolute atomic E-state index is 0.759. The Balaban J connectivity index is 2.44. The number of rotatable bonds is 1. The van der Waals surface area contributed by atoms with Crippen molar-refractivity contribution in [1.29, 1.82) is 0 Å². The first-order valence-electron chi connectivity index (χ1n) is 5.46. The minimum Gasteiger partial charge on any atom is -0.251 e. The first kappa shape index (κ1) is 10.5. The Bertz CT molecular complexity index is 565. The Labute approximate surface area is 108 Å². The van der Waals surface area contributed by atoms with E-state index in [-0.39, 0.29) is 0 Å². The van der Waals surface area contributed by atoms with Gasteiger partial charge < -0.3 is 0 Å². The summed E-state index contributed by atoms with van der Waals surface area (Å²) in [5.74, 6) is 0. The number of aryl methyl sites for hydroxylation is 1. The van der Waals surface area contributed by atoms with Crippen LogP contribution in [-0.4, -0.2) is 4.98 Å². The number of benzene rings is 1. The zero-order valence-corrected chi connectivity index (χ0v) is 11.1. The summed E-state index contributed by atoms with van der Waals surface area (Å²) in [6.07, 6.45) is 3.47. The molecule has 1 heterocycles. The van der Waals surface area contributed by atoms with Gasteiger partial charge in [0.1, 0.15) is 0 Å². The van der Waals surface area contributed by atoms with Crippen LogP contribution >= 0.6 is 27.5 Å². The molecule has 2 aromatic rings. The number of fused-ring (bicyclic) bond motifs is 2. The standard InChI is InChI=1S/C13H11BrClN/c14-7-10-8-3-2-6-12(8)16-13-9(10)4-1-5-11(13)15/h1,4-5H,2-3,6-7H2. The van der Waals surface area contributed by atoms with E-state index in [0.29, 0.717) is 0 Å². The highest BCUT2D eigenvalue weighted by molar-refractivity contribution is 9.08. The van der Waals surface area contributed by atoms with Gasteiger partial charge in [0.25, 0.3) is 0 Å². The second-order valence-electron chi connectivity index (χ2n) is 4.14. The van der Waals surface area contributed by atoms with Gasteiger partial charge in [-0.05, 0) is 36.5 Å². The lowest BCUT2D eigenvalue weighted by atomic mass is 10.0. The Morgan fingerprint density at radius 2 is 2.19 bits per heavy atom. The number of aromatic nitrogens is 1. The lowest BCUT2D eigenvalue weighted by Gasteiger charge is -2.10. The summed E-state index contributed by atoms with van der Waals surface area (Å²) in [6, 6.07) is 6.03. The predicted octanol–water partition coefficient (Wildman–Crippen LogP) is 4.27. The van der Waals surface area contributed by atoms with Crippen LogP contribution in [-0.2, 0) is 18.2 Å². The van der Waals surface area contributed by atoms with Crippen LogP contribution in [0.2, 0.25) is 5.02 Å². The molecule has 1 nitrogen and oxygen atoms in total. The molecule has 0 aliphatic heterocycles. The van der Waals surface area contributed by atoms with Crippen molar-refractivity contribution in [1.82, 2.24) is 4.98 Å². The molecule has 82 valence electrons. The molecule has 0 saturated heterocycles. The fraction of sp³-hybridized carbons (Fsp3) is 0.308. The molecular weight excluding hydrogens is 286 g/mol. The molecule has 1 aliphatic carbocycles. The molecule has 1 aliphatic rings. The zero-order chi connectivity index (χ0) is 11.1. The first-order valence-corrected chi connectivity index (χ1v) is 6.96. The Morgan fingerprint density at radius 3 is 3.00 bits per heavy atom. The second-order valence-corrected chi connectivity index (χ2v) is 5.11. The third-order valence-corrected chi connectivity index (χ3v) is 4.11. The molecule has 1 aromatic carbocycles. The van der Waals surface area contributed by atoms with Crippen molar-refractivity contribution in [3.05, 3.63) is 40.0 Å². The van der Waals surface area contributed by atoms with Crippen molar-refractivity contribution in [2.45, 2.75) is 24.6 Å². The monoisotopic (exact) mass is 295 g/mol. The van der Waals surface area contributed by atoms with Crippen LogP contribution in [0.25, 0.3) is 10.9 Å². The summed E-state index contributed by atoms with van der Waals surface area (Å²) in [5.41, 5.74) is 5.01. The van der Waals surface area contributed by atoms with Crippen LogP contribution in [0.5, 0.6) is 0 Å². The Morgan fingerprint density at radius 1 is 1.31 bits per heavy atom. The molecule has 3 heteroatoms. The van der Waals surface area contributed by atoms with Crippen LogP contribution in [0, 0.1) is 0 Å². The van der Waals surface area contributed by atoms with Crippen LogP contribution in [0.15, 0.2) is 18.2 Å². The second kappa shape index (κ2) is 4.01. The number of nitrogens with zero attached hydrogens (tertiary/aromatic N) is 1. The summed E-state index contributed by atoms with van der Waals surface area (Å²) in [5, 5.41) is 2.84. The van der Waals surface area contributed by atoms with Gasteiger partial charge in [-0.15, -0.1) is 0 Å². The minimum atomic E-state index is 0.759. The van der Waals surface area contributed by atoms with Crippen molar-refractivity contribution in [3.63, 3.8) is 0 Å². The molecule has 0 spiro atoms. The molecule has 0 atom stereocenters. The van der Waals surface area contributed by atoms with Crippen LogP contribution in [0.1, 0.15) is 23.2 Å². The van der Waals surface area contributed by atoms with Gasteiger partial charge >= 0.3 is 0 Å². The first-order chi connectivity index (χ1) is 7.81. The van der Waals surface area contributed by atoms with E-state index >= 15 is 0 Å². The zero-order valence-electron chi connectivity index (χ0n) is 8.76. The van der Waals surface area contributed by atoms with Crippen LogP contribution < -0.4 is 0 Å². The predicted molar refractivity (Wildman–Crippen MR) is 71.4 cm³/mol. The highest BCUT2D eigenvalue weighted by atomic mass is 79.9. The third-order valence-electron chi connectivity index (χ3n) is 3.25. The molecule has 0 radical (unpaired) electrons. The number of halogens is 2. The lowest BCUT2D eigenvalue weighted by molar-refractivity contribution is 0.900. The number of alkyl halides is 1. The number of hydrogen-bond donors (Lipinski definition) is 0. The summed E-state index contributed by atoms with van der Waals surface area (Å²) < 4.78 is 0. The smallest absolute Gasteiger partial charge is 0.0894 e. The van der Waals surface area contributed by atoms with Crippen LogP contribution in [0.3, 0.4) is 0 Å².